The molecule has 2 aromatic carbocycles. The fraction of sp³-hybridized carbons (Fsp3) is 0.357. The Balaban J connectivity index is 1.86. The zero-order valence-electron chi connectivity index (χ0n) is 21.9. The summed E-state index contributed by atoms with van der Waals surface area (Å²) in [6, 6.07) is 14.0. The zero-order chi connectivity index (χ0) is 27.4. The summed E-state index contributed by atoms with van der Waals surface area (Å²) in [4.78, 5) is 43.6. The lowest BCUT2D eigenvalue weighted by molar-refractivity contribution is -0.123. The maximum atomic E-state index is 14.2. The van der Waals surface area contributed by atoms with E-state index in [1.807, 2.05) is 68.4 Å². The molecule has 200 valence electrons. The number of hydrogen-bond acceptors (Lipinski definition) is 7. The number of carbonyl (C=O) groups excluding carboxylic acids is 3. The van der Waals surface area contributed by atoms with Crippen molar-refractivity contribution in [2.75, 3.05) is 29.6 Å². The van der Waals surface area contributed by atoms with E-state index in [-0.39, 0.29) is 28.2 Å². The van der Waals surface area contributed by atoms with Crippen molar-refractivity contribution in [1.82, 2.24) is 9.69 Å². The second-order valence-corrected chi connectivity index (χ2v) is 10.6. The maximum Gasteiger partial charge on any atom is 0.273 e. The minimum atomic E-state index is -0.986. The minimum absolute atomic E-state index is 0.0450. The van der Waals surface area contributed by atoms with Gasteiger partial charge in [0.25, 0.3) is 11.8 Å². The Morgan fingerprint density at radius 2 is 1.68 bits per heavy atom. The van der Waals surface area contributed by atoms with Gasteiger partial charge < -0.3 is 21.7 Å². The molecule has 1 unspecified atom stereocenters. The van der Waals surface area contributed by atoms with E-state index in [2.05, 4.69) is 9.69 Å². The van der Waals surface area contributed by atoms with Crippen LogP contribution in [0, 0.1) is 6.92 Å². The fourth-order valence-electron chi connectivity index (χ4n) is 4.84. The molecule has 1 heterocycles. The number of carbonyl (C=O) groups is 3. The number of nitrogens with zero attached hydrogens (tertiary/aromatic N) is 3. The largest absolute Gasteiger partial charge is 0.395 e. The van der Waals surface area contributed by atoms with Crippen LogP contribution in [0.2, 0.25) is 0 Å². The van der Waals surface area contributed by atoms with Gasteiger partial charge in [-0.15, -0.1) is 0 Å². The third-order valence-electron chi connectivity index (χ3n) is 6.93. The van der Waals surface area contributed by atoms with Gasteiger partial charge in [-0.05, 0) is 60.6 Å². The van der Waals surface area contributed by atoms with Crippen LogP contribution in [-0.2, 0) is 4.79 Å². The van der Waals surface area contributed by atoms with E-state index in [1.165, 1.54) is 4.90 Å². The summed E-state index contributed by atoms with van der Waals surface area (Å²) in [6.07, 6.45) is 5.07. The van der Waals surface area contributed by atoms with Crippen molar-refractivity contribution in [2.45, 2.75) is 51.1 Å². The number of nitrogens with one attached hydrogen (secondary N) is 1. The maximum absolute atomic E-state index is 14.2. The van der Waals surface area contributed by atoms with Crippen molar-refractivity contribution in [2.24, 2.45) is 5.73 Å². The first-order valence-corrected chi connectivity index (χ1v) is 13.5. The molecule has 0 aliphatic heterocycles. The van der Waals surface area contributed by atoms with E-state index in [9.17, 15) is 14.4 Å². The zero-order valence-corrected chi connectivity index (χ0v) is 22.8. The quantitative estimate of drug-likeness (QED) is 0.399. The Morgan fingerprint density at radius 1 is 1.03 bits per heavy atom. The van der Waals surface area contributed by atoms with E-state index in [0.717, 1.165) is 54.9 Å². The molecule has 1 atom stereocenters. The lowest BCUT2D eigenvalue weighted by Gasteiger charge is -2.34. The molecule has 0 spiro atoms. The first-order chi connectivity index (χ1) is 18.2. The van der Waals surface area contributed by atoms with Crippen molar-refractivity contribution >= 4 is 46.3 Å². The number of anilines is 3. The molecular weight excluding hydrogens is 500 g/mol. The van der Waals surface area contributed by atoms with E-state index in [1.54, 1.807) is 6.07 Å². The van der Waals surface area contributed by atoms with Crippen LogP contribution in [0.5, 0.6) is 0 Å². The van der Waals surface area contributed by atoms with Crippen molar-refractivity contribution in [1.29, 1.82) is 0 Å². The van der Waals surface area contributed by atoms with E-state index in [4.69, 9.17) is 11.5 Å². The SMILES string of the molecule is Cc1ccccc1N(C(=O)c1snc(C(N)=O)c1N)C(C(=O)NC1CCCCC1)c1ccc(N(C)C)cc1. The van der Waals surface area contributed by atoms with Crippen LogP contribution in [0.25, 0.3) is 0 Å². The van der Waals surface area contributed by atoms with E-state index < -0.39 is 17.9 Å². The monoisotopic (exact) mass is 534 g/mol. The van der Waals surface area contributed by atoms with Gasteiger partial charge in [0.15, 0.2) is 5.69 Å². The summed E-state index contributed by atoms with van der Waals surface area (Å²) in [6.45, 7) is 1.88. The van der Waals surface area contributed by atoms with Crippen molar-refractivity contribution in [3.8, 4) is 0 Å². The van der Waals surface area contributed by atoms with Crippen LogP contribution in [0.3, 0.4) is 0 Å². The Kier molecular flexibility index (Phi) is 8.31. The Bertz CT molecular complexity index is 1310. The summed E-state index contributed by atoms with van der Waals surface area (Å²) in [5.41, 5.74) is 14.3. The molecule has 0 radical (unpaired) electrons. The summed E-state index contributed by atoms with van der Waals surface area (Å²) in [5, 5.41) is 3.21. The number of primary amides is 1. The van der Waals surface area contributed by atoms with E-state index in [0.29, 0.717) is 11.3 Å². The number of hydrogen-bond donors (Lipinski definition) is 3. The first-order valence-electron chi connectivity index (χ1n) is 12.7. The third kappa shape index (κ3) is 5.65. The summed E-state index contributed by atoms with van der Waals surface area (Å²) in [5.74, 6) is -1.61. The molecule has 4 rings (SSSR count). The van der Waals surface area contributed by atoms with Crippen LogP contribution in [0.1, 0.15) is 69.4 Å². The number of para-hydroxylation sites is 1. The number of nitrogen functional groups attached to an aromatic ring is 1. The second-order valence-electron chi connectivity index (χ2n) is 9.83. The van der Waals surface area contributed by atoms with Crippen LogP contribution in [0.4, 0.5) is 17.1 Å². The van der Waals surface area contributed by atoms with Gasteiger partial charge in [-0.2, -0.15) is 4.37 Å². The Morgan fingerprint density at radius 3 is 2.26 bits per heavy atom. The molecule has 38 heavy (non-hydrogen) atoms. The van der Waals surface area contributed by atoms with Gasteiger partial charge in [0.1, 0.15) is 10.9 Å². The highest BCUT2D eigenvalue weighted by Gasteiger charge is 2.37. The molecule has 0 bridgehead atoms. The molecule has 1 fully saturated rings. The molecule has 1 aliphatic rings. The number of amides is 3. The van der Waals surface area contributed by atoms with Gasteiger partial charge >= 0.3 is 0 Å². The van der Waals surface area contributed by atoms with Gasteiger partial charge in [-0.3, -0.25) is 19.3 Å². The molecular formula is C28H34N6O3S. The van der Waals surface area contributed by atoms with Crippen molar-refractivity contribution in [3.05, 3.63) is 70.2 Å². The highest BCUT2D eigenvalue weighted by atomic mass is 32.1. The summed E-state index contributed by atoms with van der Waals surface area (Å²) in [7, 11) is 3.88. The Hall–Kier alpha value is -3.92. The topological polar surface area (TPSA) is 135 Å². The minimum Gasteiger partial charge on any atom is -0.395 e. The molecule has 3 amide bonds. The highest BCUT2D eigenvalue weighted by molar-refractivity contribution is 7.09. The van der Waals surface area contributed by atoms with Crippen molar-refractivity contribution in [3.63, 3.8) is 0 Å². The van der Waals surface area contributed by atoms with Gasteiger partial charge in [-0.25, -0.2) is 0 Å². The lowest BCUT2D eigenvalue weighted by atomic mass is 9.94. The normalized spacial score (nSPS) is 14.5. The molecule has 1 aliphatic carbocycles. The predicted molar refractivity (Wildman–Crippen MR) is 152 cm³/mol. The highest BCUT2D eigenvalue weighted by Crippen LogP contribution is 2.35. The molecule has 5 N–H and O–H groups in total. The molecule has 1 aromatic heterocycles. The Labute approximate surface area is 227 Å². The average Bonchev–Trinajstić information content (AvgIpc) is 3.29. The number of aromatic nitrogens is 1. The number of aryl methyl sites for hydroxylation is 1. The van der Waals surface area contributed by atoms with Gasteiger partial charge in [-0.1, -0.05) is 49.6 Å². The van der Waals surface area contributed by atoms with Gasteiger partial charge in [0.2, 0.25) is 5.91 Å². The number of benzene rings is 2. The van der Waals surface area contributed by atoms with Crippen LogP contribution in [0.15, 0.2) is 48.5 Å². The van der Waals surface area contributed by atoms with Crippen LogP contribution < -0.4 is 26.6 Å². The third-order valence-corrected chi connectivity index (χ3v) is 7.78. The summed E-state index contributed by atoms with van der Waals surface area (Å²) >= 11 is 0.802. The van der Waals surface area contributed by atoms with Crippen molar-refractivity contribution < 1.29 is 14.4 Å². The standard InChI is InChI=1S/C28H34N6O3S/c1-17-9-7-8-12-21(17)34(28(37)25-22(29)23(26(30)35)32-38-25)24(18-13-15-20(16-14-18)33(2)3)27(36)31-19-10-5-4-6-11-19/h7-9,12-16,19,24H,4-6,10-11,29H2,1-3H3,(H2,30,35)(H,31,36). The molecule has 9 nitrogen and oxygen atoms in total. The molecule has 3 aromatic rings. The number of nitrogens with two attached hydrogens (primary N) is 2. The smallest absolute Gasteiger partial charge is 0.273 e. The second kappa shape index (κ2) is 11.6. The first kappa shape index (κ1) is 27.1. The predicted octanol–water partition coefficient (Wildman–Crippen LogP) is 4.04. The molecule has 0 saturated heterocycles. The summed E-state index contributed by atoms with van der Waals surface area (Å²) < 4.78 is 4.02. The molecule has 10 heteroatoms. The molecule has 1 saturated carbocycles. The van der Waals surface area contributed by atoms with E-state index >= 15 is 0 Å². The lowest BCUT2D eigenvalue weighted by Crippen LogP contribution is -2.47. The van der Waals surface area contributed by atoms with Gasteiger partial charge in [0.05, 0.1) is 5.69 Å². The average molecular weight is 535 g/mol. The fourth-order valence-corrected chi connectivity index (χ4v) is 5.58. The van der Waals surface area contributed by atoms with Gasteiger partial charge in [0, 0.05) is 31.5 Å². The number of rotatable bonds is 8. The van der Waals surface area contributed by atoms with Crippen LogP contribution in [-0.4, -0.2) is 42.2 Å². The van der Waals surface area contributed by atoms with Crippen LogP contribution >= 0.6 is 11.5 Å².